The van der Waals surface area contributed by atoms with Crippen LogP contribution in [-0.4, -0.2) is 34.6 Å². The van der Waals surface area contributed by atoms with E-state index in [2.05, 4.69) is 11.9 Å². The molecule has 7 heteroatoms. The molecule has 116 valence electrons. The topological polar surface area (TPSA) is 33.2 Å². The zero-order valence-electron chi connectivity index (χ0n) is 11.7. The Bertz CT molecular complexity index is 490. The van der Waals surface area contributed by atoms with Crippen molar-refractivity contribution in [2.45, 2.75) is 31.0 Å². The van der Waals surface area contributed by atoms with E-state index in [1.807, 2.05) is 4.90 Å². The number of hydrogen-bond donors (Lipinski definition) is 0. The lowest BCUT2D eigenvalue weighted by Gasteiger charge is -2.30. The highest BCUT2D eigenvalue weighted by Crippen LogP contribution is 2.29. The predicted octanol–water partition coefficient (Wildman–Crippen LogP) is 3.45. The molecule has 0 N–H and O–H groups in total. The Morgan fingerprint density at radius 3 is 2.81 bits per heavy atom. The van der Waals surface area contributed by atoms with Gasteiger partial charge in [0.2, 0.25) is 5.91 Å². The minimum atomic E-state index is -4.38. The second kappa shape index (κ2) is 6.68. The summed E-state index contributed by atoms with van der Waals surface area (Å²) in [5, 5.41) is 0.432. The van der Waals surface area contributed by atoms with Crippen LogP contribution in [-0.2, 0) is 11.0 Å². The first-order valence-corrected chi connectivity index (χ1v) is 7.78. The number of nitrogens with zero attached hydrogens (tertiary/aromatic N) is 2. The number of likely N-dealkylation sites (tertiary alicyclic amines) is 1. The monoisotopic (exact) mass is 318 g/mol. The first-order chi connectivity index (χ1) is 9.86. The van der Waals surface area contributed by atoms with Crippen LogP contribution in [0.15, 0.2) is 23.4 Å². The van der Waals surface area contributed by atoms with Gasteiger partial charge < -0.3 is 4.90 Å². The van der Waals surface area contributed by atoms with E-state index in [9.17, 15) is 18.0 Å². The van der Waals surface area contributed by atoms with Crippen LogP contribution in [0.25, 0.3) is 0 Å². The first kappa shape index (κ1) is 16.1. The molecule has 0 bridgehead atoms. The molecule has 1 aromatic heterocycles. The molecule has 0 aromatic carbocycles. The average Bonchev–Trinajstić information content (AvgIpc) is 2.44. The number of amides is 1. The SMILES string of the molecule is CC1CCCN(C(=O)CSc2ccc(C(F)(F)F)cn2)C1. The molecule has 1 atom stereocenters. The summed E-state index contributed by atoms with van der Waals surface area (Å²) in [6.07, 6.45) is -1.43. The quantitative estimate of drug-likeness (QED) is 0.800. The summed E-state index contributed by atoms with van der Waals surface area (Å²) >= 11 is 1.17. The molecule has 1 fully saturated rings. The zero-order chi connectivity index (χ0) is 15.5. The van der Waals surface area contributed by atoms with Gasteiger partial charge in [-0.15, -0.1) is 0 Å². The van der Waals surface area contributed by atoms with E-state index >= 15 is 0 Å². The van der Waals surface area contributed by atoms with E-state index in [0.29, 0.717) is 10.9 Å². The van der Waals surface area contributed by atoms with Crippen molar-refractivity contribution in [3.8, 4) is 0 Å². The van der Waals surface area contributed by atoms with Crippen LogP contribution in [0.3, 0.4) is 0 Å². The highest BCUT2D eigenvalue weighted by Gasteiger charge is 2.30. The third kappa shape index (κ3) is 4.62. The zero-order valence-corrected chi connectivity index (χ0v) is 12.5. The standard InChI is InChI=1S/C14H17F3N2OS/c1-10-3-2-6-19(8-10)13(20)9-21-12-5-4-11(7-18-12)14(15,16)17/h4-5,7,10H,2-3,6,8-9H2,1H3. The van der Waals surface area contributed by atoms with Crippen LogP contribution in [0.5, 0.6) is 0 Å². The van der Waals surface area contributed by atoms with Gasteiger partial charge in [-0.05, 0) is 30.9 Å². The van der Waals surface area contributed by atoms with Crippen LogP contribution in [0.2, 0.25) is 0 Å². The van der Waals surface area contributed by atoms with E-state index in [-0.39, 0.29) is 11.7 Å². The van der Waals surface area contributed by atoms with Gasteiger partial charge in [-0.3, -0.25) is 4.79 Å². The molecule has 1 aromatic rings. The maximum absolute atomic E-state index is 12.4. The fraction of sp³-hybridized carbons (Fsp3) is 0.571. The molecule has 0 aliphatic carbocycles. The van der Waals surface area contributed by atoms with Gasteiger partial charge in [0, 0.05) is 19.3 Å². The van der Waals surface area contributed by atoms with E-state index in [4.69, 9.17) is 0 Å². The Balaban J connectivity index is 1.86. The van der Waals surface area contributed by atoms with Crippen LogP contribution in [0.1, 0.15) is 25.3 Å². The van der Waals surface area contributed by atoms with Crippen molar-refractivity contribution >= 4 is 17.7 Å². The summed E-state index contributed by atoms with van der Waals surface area (Å²) in [5.41, 5.74) is -0.775. The van der Waals surface area contributed by atoms with Crippen LogP contribution < -0.4 is 0 Å². The Morgan fingerprint density at radius 2 is 2.24 bits per heavy atom. The van der Waals surface area contributed by atoms with Gasteiger partial charge >= 0.3 is 6.18 Å². The number of rotatable bonds is 3. The van der Waals surface area contributed by atoms with E-state index < -0.39 is 11.7 Å². The molecule has 3 nitrogen and oxygen atoms in total. The third-order valence-electron chi connectivity index (χ3n) is 3.42. The molecule has 1 aliphatic heterocycles. The molecule has 0 saturated carbocycles. The third-order valence-corrected chi connectivity index (χ3v) is 4.35. The molecule has 2 heterocycles. The van der Waals surface area contributed by atoms with E-state index in [1.165, 1.54) is 17.8 Å². The summed E-state index contributed by atoms with van der Waals surface area (Å²) in [6.45, 7) is 3.65. The fourth-order valence-electron chi connectivity index (χ4n) is 2.28. The van der Waals surface area contributed by atoms with Gasteiger partial charge in [-0.1, -0.05) is 18.7 Å². The molecular weight excluding hydrogens is 301 g/mol. The van der Waals surface area contributed by atoms with E-state index in [1.54, 1.807) is 0 Å². The fourth-order valence-corrected chi connectivity index (χ4v) is 3.02. The summed E-state index contributed by atoms with van der Waals surface area (Å²) < 4.78 is 37.2. The highest BCUT2D eigenvalue weighted by atomic mass is 32.2. The van der Waals surface area contributed by atoms with Gasteiger partial charge in [0.15, 0.2) is 0 Å². The number of thioether (sulfide) groups is 1. The van der Waals surface area contributed by atoms with Crippen molar-refractivity contribution in [2.75, 3.05) is 18.8 Å². The van der Waals surface area contributed by atoms with Gasteiger partial charge in [-0.2, -0.15) is 13.2 Å². The first-order valence-electron chi connectivity index (χ1n) is 6.80. The molecule has 1 aliphatic rings. The van der Waals surface area contributed by atoms with Gasteiger partial charge in [0.25, 0.3) is 0 Å². The van der Waals surface area contributed by atoms with Crippen LogP contribution in [0, 0.1) is 5.92 Å². The van der Waals surface area contributed by atoms with Crippen LogP contribution >= 0.6 is 11.8 Å². The van der Waals surface area contributed by atoms with Gasteiger partial charge in [0.05, 0.1) is 16.3 Å². The second-order valence-corrected chi connectivity index (χ2v) is 6.25. The lowest BCUT2D eigenvalue weighted by atomic mass is 10.0. The normalized spacial score (nSPS) is 19.6. The number of piperidine rings is 1. The van der Waals surface area contributed by atoms with Gasteiger partial charge in [-0.25, -0.2) is 4.98 Å². The second-order valence-electron chi connectivity index (χ2n) is 5.26. The van der Waals surface area contributed by atoms with Crippen molar-refractivity contribution in [2.24, 2.45) is 5.92 Å². The van der Waals surface area contributed by atoms with Crippen molar-refractivity contribution in [3.05, 3.63) is 23.9 Å². The van der Waals surface area contributed by atoms with Crippen molar-refractivity contribution in [1.82, 2.24) is 9.88 Å². The molecule has 2 rings (SSSR count). The summed E-state index contributed by atoms with van der Waals surface area (Å²) in [7, 11) is 0. The van der Waals surface area contributed by atoms with Crippen molar-refractivity contribution in [1.29, 1.82) is 0 Å². The van der Waals surface area contributed by atoms with Crippen molar-refractivity contribution < 1.29 is 18.0 Å². The predicted molar refractivity (Wildman–Crippen MR) is 74.9 cm³/mol. The van der Waals surface area contributed by atoms with Crippen molar-refractivity contribution in [3.63, 3.8) is 0 Å². The summed E-state index contributed by atoms with van der Waals surface area (Å²) in [4.78, 5) is 17.6. The highest BCUT2D eigenvalue weighted by molar-refractivity contribution is 7.99. The number of pyridine rings is 1. The Morgan fingerprint density at radius 1 is 1.48 bits per heavy atom. The molecule has 0 spiro atoms. The molecule has 0 radical (unpaired) electrons. The lowest BCUT2D eigenvalue weighted by molar-refractivity contribution is -0.138. The van der Waals surface area contributed by atoms with Crippen LogP contribution in [0.4, 0.5) is 13.2 Å². The number of aromatic nitrogens is 1. The smallest absolute Gasteiger partial charge is 0.342 e. The number of hydrogen-bond acceptors (Lipinski definition) is 3. The molecular formula is C14H17F3N2OS. The molecule has 21 heavy (non-hydrogen) atoms. The molecule has 1 unspecified atom stereocenters. The lowest BCUT2D eigenvalue weighted by Crippen LogP contribution is -2.40. The minimum absolute atomic E-state index is 0.0215. The minimum Gasteiger partial charge on any atom is -0.342 e. The average molecular weight is 318 g/mol. The van der Waals surface area contributed by atoms with E-state index in [0.717, 1.165) is 38.2 Å². The number of halogens is 3. The maximum atomic E-state index is 12.4. The number of carbonyl (C=O) groups is 1. The Labute approximate surface area is 125 Å². The molecule has 1 saturated heterocycles. The number of alkyl halides is 3. The number of carbonyl (C=O) groups excluding carboxylic acids is 1. The largest absolute Gasteiger partial charge is 0.417 e. The maximum Gasteiger partial charge on any atom is 0.417 e. The molecule has 1 amide bonds. The van der Waals surface area contributed by atoms with Gasteiger partial charge in [0.1, 0.15) is 0 Å². The summed E-state index contributed by atoms with van der Waals surface area (Å²) in [5.74, 6) is 0.746. The Hall–Kier alpha value is -1.24. The Kier molecular flexibility index (Phi) is 5.13. The summed E-state index contributed by atoms with van der Waals surface area (Å²) in [6, 6.07) is 2.29.